The van der Waals surface area contributed by atoms with Gasteiger partial charge in [0.25, 0.3) is 5.91 Å². The maximum Gasteiger partial charge on any atom is 0.326 e. The summed E-state index contributed by atoms with van der Waals surface area (Å²) in [6.45, 7) is 5.29. The second-order valence-corrected chi connectivity index (χ2v) is 5.37. The second-order valence-electron chi connectivity index (χ2n) is 5.37. The van der Waals surface area contributed by atoms with Crippen LogP contribution in [0.2, 0.25) is 0 Å². The minimum absolute atomic E-state index is 0.198. The maximum absolute atomic E-state index is 12.3. The Morgan fingerprint density at radius 1 is 1.32 bits per heavy atom. The SMILES string of the molecule is Cc1cc(-n2cncn2)ccc1C(=O)N[C@H](C(=O)O)C(C)C. The summed E-state index contributed by atoms with van der Waals surface area (Å²) in [5, 5.41) is 15.7. The number of aromatic nitrogens is 3. The lowest BCUT2D eigenvalue weighted by Crippen LogP contribution is -2.44. The Morgan fingerprint density at radius 2 is 2.05 bits per heavy atom. The molecule has 1 aromatic heterocycles. The molecule has 2 rings (SSSR count). The monoisotopic (exact) mass is 302 g/mol. The third-order valence-corrected chi connectivity index (χ3v) is 3.36. The lowest BCUT2D eigenvalue weighted by atomic mass is 10.0. The summed E-state index contributed by atoms with van der Waals surface area (Å²) in [7, 11) is 0. The first kappa shape index (κ1) is 15.7. The van der Waals surface area contributed by atoms with E-state index in [1.54, 1.807) is 50.0 Å². The Hall–Kier alpha value is -2.70. The third-order valence-electron chi connectivity index (χ3n) is 3.36. The maximum atomic E-state index is 12.3. The number of rotatable bonds is 5. The van der Waals surface area contributed by atoms with E-state index in [9.17, 15) is 9.59 Å². The van der Waals surface area contributed by atoms with Crippen LogP contribution in [0.4, 0.5) is 0 Å². The fraction of sp³-hybridized carbons (Fsp3) is 0.333. The topological polar surface area (TPSA) is 97.1 Å². The minimum Gasteiger partial charge on any atom is -0.480 e. The molecular weight excluding hydrogens is 284 g/mol. The summed E-state index contributed by atoms with van der Waals surface area (Å²) < 4.78 is 1.59. The van der Waals surface area contributed by atoms with Crippen LogP contribution in [0.25, 0.3) is 5.69 Å². The van der Waals surface area contributed by atoms with Gasteiger partial charge < -0.3 is 10.4 Å². The Kier molecular flexibility index (Phi) is 4.55. The summed E-state index contributed by atoms with van der Waals surface area (Å²) in [6, 6.07) is 4.28. The molecule has 0 aliphatic carbocycles. The number of aryl methyl sites for hydroxylation is 1. The van der Waals surface area contributed by atoms with E-state index in [4.69, 9.17) is 5.11 Å². The molecule has 1 amide bonds. The number of carboxylic acids is 1. The minimum atomic E-state index is -1.04. The van der Waals surface area contributed by atoms with Crippen LogP contribution in [0.1, 0.15) is 29.8 Å². The third kappa shape index (κ3) is 3.30. The van der Waals surface area contributed by atoms with Crippen molar-refractivity contribution in [3.8, 4) is 5.69 Å². The van der Waals surface area contributed by atoms with Crippen molar-refractivity contribution in [2.75, 3.05) is 0 Å². The summed E-state index contributed by atoms with van der Waals surface area (Å²) in [5.41, 5.74) is 1.96. The molecule has 2 aromatic rings. The number of benzene rings is 1. The van der Waals surface area contributed by atoms with E-state index >= 15 is 0 Å². The predicted molar refractivity (Wildman–Crippen MR) is 79.8 cm³/mol. The van der Waals surface area contributed by atoms with Crippen molar-refractivity contribution in [1.29, 1.82) is 0 Å². The lowest BCUT2D eigenvalue weighted by molar-refractivity contribution is -0.140. The van der Waals surface area contributed by atoms with Gasteiger partial charge in [-0.2, -0.15) is 5.10 Å². The smallest absolute Gasteiger partial charge is 0.326 e. The predicted octanol–water partition coefficient (Wildman–Crippen LogP) is 1.41. The van der Waals surface area contributed by atoms with Crippen molar-refractivity contribution in [3.63, 3.8) is 0 Å². The highest BCUT2D eigenvalue weighted by molar-refractivity contribution is 5.98. The van der Waals surface area contributed by atoms with E-state index < -0.39 is 17.9 Å². The van der Waals surface area contributed by atoms with E-state index in [1.165, 1.54) is 6.33 Å². The molecule has 116 valence electrons. The first-order valence-corrected chi connectivity index (χ1v) is 6.89. The molecule has 0 aliphatic rings. The number of amides is 1. The molecule has 1 atom stereocenters. The molecule has 0 radical (unpaired) electrons. The largest absolute Gasteiger partial charge is 0.480 e. The standard InChI is InChI=1S/C15H18N4O3/c1-9(2)13(15(21)22)18-14(20)12-5-4-11(6-10(12)3)19-8-16-7-17-19/h4-9,13H,1-3H3,(H,18,20)(H,21,22)/t13-/m0/s1. The van der Waals surface area contributed by atoms with Gasteiger partial charge in [0.1, 0.15) is 18.7 Å². The number of carbonyl (C=O) groups is 2. The Morgan fingerprint density at radius 3 is 2.55 bits per heavy atom. The van der Waals surface area contributed by atoms with Crippen LogP contribution in [0.5, 0.6) is 0 Å². The molecule has 0 bridgehead atoms. The van der Waals surface area contributed by atoms with E-state index in [-0.39, 0.29) is 5.92 Å². The number of carboxylic acid groups (broad SMARTS) is 1. The molecule has 1 aromatic carbocycles. The summed E-state index contributed by atoms with van der Waals surface area (Å²) >= 11 is 0. The average Bonchev–Trinajstić information content (AvgIpc) is 2.97. The highest BCUT2D eigenvalue weighted by Crippen LogP contribution is 2.14. The molecule has 0 saturated carbocycles. The zero-order valence-corrected chi connectivity index (χ0v) is 12.6. The molecule has 0 fully saturated rings. The highest BCUT2D eigenvalue weighted by Gasteiger charge is 2.24. The van der Waals surface area contributed by atoms with Crippen LogP contribution in [-0.4, -0.2) is 37.8 Å². The molecule has 0 spiro atoms. The Labute approximate surface area is 128 Å². The zero-order chi connectivity index (χ0) is 16.3. The number of nitrogens with one attached hydrogen (secondary N) is 1. The van der Waals surface area contributed by atoms with Crippen molar-refractivity contribution in [1.82, 2.24) is 20.1 Å². The number of nitrogens with zero attached hydrogens (tertiary/aromatic N) is 3. The molecule has 2 N–H and O–H groups in total. The second kappa shape index (κ2) is 6.38. The van der Waals surface area contributed by atoms with Gasteiger partial charge in [-0.25, -0.2) is 14.5 Å². The van der Waals surface area contributed by atoms with E-state index in [0.717, 1.165) is 11.3 Å². The number of hydrogen-bond acceptors (Lipinski definition) is 4. The van der Waals surface area contributed by atoms with Gasteiger partial charge in [-0.05, 0) is 36.6 Å². The van der Waals surface area contributed by atoms with Crippen LogP contribution >= 0.6 is 0 Å². The van der Waals surface area contributed by atoms with Gasteiger partial charge in [0.15, 0.2) is 0 Å². The van der Waals surface area contributed by atoms with Gasteiger partial charge in [0.2, 0.25) is 0 Å². The number of carbonyl (C=O) groups excluding carboxylic acids is 1. The van der Waals surface area contributed by atoms with Crippen molar-refractivity contribution >= 4 is 11.9 Å². The molecule has 0 aliphatic heterocycles. The van der Waals surface area contributed by atoms with Crippen molar-refractivity contribution in [2.24, 2.45) is 5.92 Å². The molecule has 0 saturated heterocycles. The summed E-state index contributed by atoms with van der Waals surface area (Å²) in [5.74, 6) is -1.64. The summed E-state index contributed by atoms with van der Waals surface area (Å²) in [4.78, 5) is 27.3. The summed E-state index contributed by atoms with van der Waals surface area (Å²) in [6.07, 6.45) is 2.99. The quantitative estimate of drug-likeness (QED) is 0.870. The van der Waals surface area contributed by atoms with Gasteiger partial charge in [-0.3, -0.25) is 4.79 Å². The van der Waals surface area contributed by atoms with E-state index in [2.05, 4.69) is 15.4 Å². The molecule has 22 heavy (non-hydrogen) atoms. The van der Waals surface area contributed by atoms with Crippen LogP contribution in [0, 0.1) is 12.8 Å². The van der Waals surface area contributed by atoms with Gasteiger partial charge in [0.05, 0.1) is 5.69 Å². The van der Waals surface area contributed by atoms with Crippen molar-refractivity contribution in [2.45, 2.75) is 26.8 Å². The number of hydrogen-bond donors (Lipinski definition) is 2. The molecule has 7 nitrogen and oxygen atoms in total. The van der Waals surface area contributed by atoms with Gasteiger partial charge in [-0.15, -0.1) is 0 Å². The van der Waals surface area contributed by atoms with Gasteiger partial charge in [0, 0.05) is 5.56 Å². The lowest BCUT2D eigenvalue weighted by Gasteiger charge is -2.18. The van der Waals surface area contributed by atoms with Crippen LogP contribution in [0.3, 0.4) is 0 Å². The van der Waals surface area contributed by atoms with Crippen LogP contribution < -0.4 is 5.32 Å². The molecule has 0 unspecified atom stereocenters. The first-order chi connectivity index (χ1) is 10.4. The van der Waals surface area contributed by atoms with Crippen molar-refractivity contribution < 1.29 is 14.7 Å². The Bertz CT molecular complexity index is 680. The fourth-order valence-corrected chi connectivity index (χ4v) is 2.12. The Balaban J connectivity index is 2.22. The highest BCUT2D eigenvalue weighted by atomic mass is 16.4. The average molecular weight is 302 g/mol. The molecular formula is C15H18N4O3. The van der Waals surface area contributed by atoms with Crippen LogP contribution in [-0.2, 0) is 4.79 Å². The van der Waals surface area contributed by atoms with Gasteiger partial charge in [-0.1, -0.05) is 13.8 Å². The van der Waals surface area contributed by atoms with Crippen molar-refractivity contribution in [3.05, 3.63) is 42.0 Å². The molecule has 1 heterocycles. The first-order valence-electron chi connectivity index (χ1n) is 6.89. The fourth-order valence-electron chi connectivity index (χ4n) is 2.12. The van der Waals surface area contributed by atoms with E-state index in [0.29, 0.717) is 5.56 Å². The molecule has 7 heteroatoms. The normalized spacial score (nSPS) is 12.2. The number of aliphatic carboxylic acids is 1. The van der Waals surface area contributed by atoms with Crippen LogP contribution in [0.15, 0.2) is 30.9 Å². The zero-order valence-electron chi connectivity index (χ0n) is 12.6. The van der Waals surface area contributed by atoms with E-state index in [1.807, 2.05) is 0 Å². The van der Waals surface area contributed by atoms with Gasteiger partial charge >= 0.3 is 5.97 Å².